The van der Waals surface area contributed by atoms with Gasteiger partial charge < -0.3 is 24.8 Å². The van der Waals surface area contributed by atoms with Crippen molar-refractivity contribution in [1.29, 1.82) is 0 Å². The fourth-order valence-electron chi connectivity index (χ4n) is 8.14. The van der Waals surface area contributed by atoms with Crippen LogP contribution in [0.1, 0.15) is 31.2 Å². The Morgan fingerprint density at radius 1 is 1.15 bits per heavy atom. The summed E-state index contributed by atoms with van der Waals surface area (Å²) in [5.41, 5.74) is 0.0717. The maximum atomic E-state index is 16.8. The minimum absolute atomic E-state index is 0.0500. The number of alkyl halides is 2. The summed E-state index contributed by atoms with van der Waals surface area (Å²) in [5, 5.41) is 15.1. The summed E-state index contributed by atoms with van der Waals surface area (Å²) in [6, 6.07) is 5.77. The number of ether oxygens (including phenoxy) is 2. The molecule has 248 valence electrons. The van der Waals surface area contributed by atoms with Crippen molar-refractivity contribution in [2.45, 2.75) is 56.0 Å². The van der Waals surface area contributed by atoms with Crippen LogP contribution in [0.4, 0.5) is 23.4 Å². The fourth-order valence-corrected chi connectivity index (χ4v) is 8.14. The third-order valence-corrected chi connectivity index (χ3v) is 10.1. The molecule has 8 rings (SSSR count). The highest BCUT2D eigenvalue weighted by molar-refractivity contribution is 6.03. The zero-order chi connectivity index (χ0) is 33.3. The number of nitrogens with zero attached hydrogens (tertiary/aromatic N) is 5. The zero-order valence-electron chi connectivity index (χ0n) is 25.9. The Labute approximate surface area is 273 Å². The van der Waals surface area contributed by atoms with E-state index in [-0.39, 0.29) is 58.2 Å². The van der Waals surface area contributed by atoms with Gasteiger partial charge in [0.2, 0.25) is 0 Å². The van der Waals surface area contributed by atoms with Gasteiger partial charge in [-0.05, 0) is 49.3 Å². The van der Waals surface area contributed by atoms with Gasteiger partial charge in [0.15, 0.2) is 5.82 Å². The van der Waals surface area contributed by atoms with E-state index in [1.54, 1.807) is 0 Å². The summed E-state index contributed by atoms with van der Waals surface area (Å²) in [6.07, 6.45) is 9.32. The molecule has 4 aromatic rings. The van der Waals surface area contributed by atoms with Gasteiger partial charge in [-0.2, -0.15) is 18.7 Å². The molecule has 0 radical (unpaired) electrons. The third kappa shape index (κ3) is 5.19. The average Bonchev–Trinajstić information content (AvgIpc) is 3.66. The predicted molar refractivity (Wildman–Crippen MR) is 171 cm³/mol. The second-order valence-corrected chi connectivity index (χ2v) is 13.3. The van der Waals surface area contributed by atoms with Gasteiger partial charge in [-0.3, -0.25) is 9.88 Å². The van der Waals surface area contributed by atoms with Gasteiger partial charge in [-0.15, -0.1) is 6.42 Å². The van der Waals surface area contributed by atoms with E-state index in [1.807, 2.05) is 4.90 Å². The number of rotatable bonds is 7. The van der Waals surface area contributed by atoms with Crippen molar-refractivity contribution in [3.05, 3.63) is 59.8 Å². The van der Waals surface area contributed by atoms with Crippen LogP contribution in [0, 0.1) is 24.0 Å². The zero-order valence-corrected chi connectivity index (χ0v) is 25.9. The topological polar surface area (TPSA) is 95.9 Å². The Morgan fingerprint density at radius 3 is 2.69 bits per heavy atom. The molecule has 4 atom stereocenters. The van der Waals surface area contributed by atoms with Crippen LogP contribution in [0.5, 0.6) is 11.8 Å². The van der Waals surface area contributed by atoms with Crippen LogP contribution in [0.2, 0.25) is 0 Å². The maximum Gasteiger partial charge on any atom is 0.345 e. The number of nitrogens with one attached hydrogen (secondary N) is 1. The van der Waals surface area contributed by atoms with Crippen molar-refractivity contribution in [1.82, 2.24) is 25.2 Å². The van der Waals surface area contributed by atoms with E-state index in [4.69, 9.17) is 20.9 Å². The summed E-state index contributed by atoms with van der Waals surface area (Å²) < 4.78 is 69.0. The second-order valence-electron chi connectivity index (χ2n) is 13.3. The van der Waals surface area contributed by atoms with E-state index in [9.17, 15) is 18.3 Å². The first kappa shape index (κ1) is 30.8. The SMILES string of the molecule is C#Cc1c(F)ccc2cc(O)cc(-c3ncc4c(N5CC6CCC(C5)N6)nc(OC[C@]56CC(=C)CN5C[C@H](OC(F)F)C6)nc4c3F)c12. The fraction of sp³-hybridized carbons (Fsp3) is 0.400. The normalized spacial score (nSPS) is 25.4. The molecular formula is C35H32F4N6O3. The number of aromatic nitrogens is 3. The number of pyridine rings is 1. The molecule has 9 nitrogen and oxygen atoms in total. The molecule has 0 saturated carbocycles. The number of halogens is 4. The molecule has 6 heterocycles. The lowest BCUT2D eigenvalue weighted by molar-refractivity contribution is -0.159. The van der Waals surface area contributed by atoms with Gasteiger partial charge in [0.05, 0.1) is 22.6 Å². The maximum absolute atomic E-state index is 16.8. The van der Waals surface area contributed by atoms with Crippen LogP contribution in [-0.4, -0.2) is 88.1 Å². The highest BCUT2D eigenvalue weighted by atomic mass is 19.3. The van der Waals surface area contributed by atoms with E-state index in [0.29, 0.717) is 55.6 Å². The van der Waals surface area contributed by atoms with Crippen molar-refractivity contribution < 1.29 is 32.1 Å². The molecule has 4 fully saturated rings. The monoisotopic (exact) mass is 660 g/mol. The molecule has 2 aromatic carbocycles. The van der Waals surface area contributed by atoms with Gasteiger partial charge in [0, 0.05) is 55.4 Å². The van der Waals surface area contributed by atoms with Gasteiger partial charge in [0.1, 0.15) is 35.2 Å². The lowest BCUT2D eigenvalue weighted by Crippen LogP contribution is -2.51. The first-order chi connectivity index (χ1) is 23.1. The summed E-state index contributed by atoms with van der Waals surface area (Å²) in [4.78, 5) is 17.9. The van der Waals surface area contributed by atoms with Crippen molar-refractivity contribution >= 4 is 27.5 Å². The van der Waals surface area contributed by atoms with E-state index in [2.05, 4.69) is 32.7 Å². The Balaban J connectivity index is 1.24. The summed E-state index contributed by atoms with van der Waals surface area (Å²) in [5.74, 6) is 1.15. The van der Waals surface area contributed by atoms with Crippen LogP contribution in [0.25, 0.3) is 32.9 Å². The number of aromatic hydroxyl groups is 1. The third-order valence-electron chi connectivity index (χ3n) is 10.1. The minimum atomic E-state index is -2.89. The van der Waals surface area contributed by atoms with Crippen LogP contribution in [0.15, 0.2) is 42.6 Å². The number of piperazine rings is 1. The molecule has 0 aliphatic carbocycles. The van der Waals surface area contributed by atoms with Crippen LogP contribution in [0.3, 0.4) is 0 Å². The van der Waals surface area contributed by atoms with Crippen molar-refractivity contribution in [2.75, 3.05) is 37.7 Å². The number of hydrogen-bond donors (Lipinski definition) is 2. The predicted octanol–water partition coefficient (Wildman–Crippen LogP) is 5.14. The van der Waals surface area contributed by atoms with Gasteiger partial charge >= 0.3 is 12.6 Å². The molecule has 13 heteroatoms. The molecule has 48 heavy (non-hydrogen) atoms. The molecule has 4 saturated heterocycles. The molecule has 0 spiro atoms. The van der Waals surface area contributed by atoms with E-state index < -0.39 is 29.9 Å². The standard InChI is InChI=1S/C35H32F4N6O3/c1-3-24-27(36)7-4-19-8-22(46)9-25(28(19)24)30-29(37)31-26(12-40-30)32(44-14-20-5-6-21(15-44)41-20)43-34(42-31)47-17-35-10-18(2)13-45(35)16-23(11-35)48-33(38)39/h1,4,7-9,12,20-21,23,33,41,46H,2,5-6,10-11,13-17H2/t20?,21?,23-,35-/m1/s1. The molecule has 4 aliphatic heterocycles. The Bertz CT molecular complexity index is 2010. The lowest BCUT2D eigenvalue weighted by atomic mass is 9.93. The van der Waals surface area contributed by atoms with Crippen LogP contribution < -0.4 is 15.0 Å². The van der Waals surface area contributed by atoms with Crippen LogP contribution in [-0.2, 0) is 4.74 Å². The number of hydrogen-bond acceptors (Lipinski definition) is 9. The van der Waals surface area contributed by atoms with E-state index in [0.717, 1.165) is 18.4 Å². The molecule has 4 aliphatic rings. The van der Waals surface area contributed by atoms with E-state index in [1.165, 1.54) is 30.5 Å². The highest BCUT2D eigenvalue weighted by Crippen LogP contribution is 2.43. The highest BCUT2D eigenvalue weighted by Gasteiger charge is 2.51. The first-order valence-corrected chi connectivity index (χ1v) is 15.9. The molecule has 0 amide bonds. The lowest BCUT2D eigenvalue weighted by Gasteiger charge is -2.34. The Morgan fingerprint density at radius 2 is 1.94 bits per heavy atom. The summed E-state index contributed by atoms with van der Waals surface area (Å²) >= 11 is 0. The van der Waals surface area contributed by atoms with Crippen molar-refractivity contribution in [2.24, 2.45) is 0 Å². The van der Waals surface area contributed by atoms with Crippen molar-refractivity contribution in [3.8, 4) is 35.4 Å². The van der Waals surface area contributed by atoms with Gasteiger partial charge in [-0.25, -0.2) is 8.78 Å². The Hall–Kier alpha value is -4.51. The van der Waals surface area contributed by atoms with Crippen LogP contribution >= 0.6 is 0 Å². The molecular weight excluding hydrogens is 628 g/mol. The molecule has 2 bridgehead atoms. The minimum Gasteiger partial charge on any atom is -0.508 e. The second kappa shape index (κ2) is 11.6. The number of fused-ring (bicyclic) bond motifs is 5. The smallest absolute Gasteiger partial charge is 0.345 e. The first-order valence-electron chi connectivity index (χ1n) is 15.9. The largest absolute Gasteiger partial charge is 0.508 e. The number of phenols is 1. The average molecular weight is 661 g/mol. The van der Waals surface area contributed by atoms with E-state index >= 15 is 4.39 Å². The van der Waals surface area contributed by atoms with Crippen molar-refractivity contribution in [3.63, 3.8) is 0 Å². The number of terminal acetylenes is 1. The number of anilines is 1. The molecule has 2 unspecified atom stereocenters. The van der Waals surface area contributed by atoms with Gasteiger partial charge in [0.25, 0.3) is 0 Å². The molecule has 2 N–H and O–H groups in total. The number of phenolic OH excluding ortho intramolecular Hbond substituents is 1. The summed E-state index contributed by atoms with van der Waals surface area (Å²) in [7, 11) is 0. The van der Waals surface area contributed by atoms with Gasteiger partial charge in [-0.1, -0.05) is 24.1 Å². The summed E-state index contributed by atoms with van der Waals surface area (Å²) in [6.45, 7) is 3.38. The Kier molecular flexibility index (Phi) is 7.43. The molecule has 2 aromatic heterocycles. The quantitative estimate of drug-likeness (QED) is 0.159. The number of benzene rings is 2.